The summed E-state index contributed by atoms with van der Waals surface area (Å²) in [6, 6.07) is 6.04. The van der Waals surface area contributed by atoms with Crippen LogP contribution in [0.4, 0.5) is 5.13 Å². The molecule has 0 spiro atoms. The van der Waals surface area contributed by atoms with Gasteiger partial charge in [0.05, 0.1) is 10.2 Å². The Hall–Kier alpha value is -1.62. The standard InChI is InChI=1S/C14H19N3OS/c1-8(2)15-13(18)10(4)16-14-17-11-7-9(3)5-6-12(11)19-14/h5-8,10H,1-4H3,(H,15,18)(H,16,17). The normalized spacial score (nSPS) is 12.7. The molecule has 0 aliphatic rings. The predicted octanol–water partition coefficient (Wildman–Crippen LogP) is 2.93. The van der Waals surface area contributed by atoms with Gasteiger partial charge in [0.15, 0.2) is 5.13 Å². The zero-order valence-corrected chi connectivity index (χ0v) is 12.5. The molecule has 1 aromatic carbocycles. The Morgan fingerprint density at radius 3 is 2.74 bits per heavy atom. The van der Waals surface area contributed by atoms with E-state index in [1.165, 1.54) is 5.56 Å². The van der Waals surface area contributed by atoms with Crippen LogP contribution in [-0.2, 0) is 4.79 Å². The third kappa shape index (κ3) is 3.44. The van der Waals surface area contributed by atoms with Gasteiger partial charge in [-0.25, -0.2) is 4.98 Å². The molecule has 0 radical (unpaired) electrons. The number of aryl methyl sites for hydroxylation is 1. The van der Waals surface area contributed by atoms with Crippen LogP contribution in [0.5, 0.6) is 0 Å². The first-order valence-corrected chi connectivity index (χ1v) is 7.21. The summed E-state index contributed by atoms with van der Waals surface area (Å²) in [4.78, 5) is 16.3. The lowest BCUT2D eigenvalue weighted by Crippen LogP contribution is -2.40. The van der Waals surface area contributed by atoms with E-state index in [1.807, 2.05) is 27.7 Å². The van der Waals surface area contributed by atoms with Gasteiger partial charge < -0.3 is 10.6 Å². The van der Waals surface area contributed by atoms with Crippen LogP contribution in [-0.4, -0.2) is 23.0 Å². The Balaban J connectivity index is 2.10. The highest BCUT2D eigenvalue weighted by Crippen LogP contribution is 2.26. The van der Waals surface area contributed by atoms with Gasteiger partial charge in [0, 0.05) is 6.04 Å². The molecule has 19 heavy (non-hydrogen) atoms. The average Bonchev–Trinajstić information content (AvgIpc) is 2.69. The molecule has 2 aromatic rings. The summed E-state index contributed by atoms with van der Waals surface area (Å²) in [7, 11) is 0. The second-order valence-electron chi connectivity index (χ2n) is 5.02. The third-order valence-electron chi connectivity index (χ3n) is 2.71. The molecule has 5 heteroatoms. The second-order valence-corrected chi connectivity index (χ2v) is 6.05. The number of benzene rings is 1. The lowest BCUT2D eigenvalue weighted by atomic mass is 10.2. The number of nitrogens with zero attached hydrogens (tertiary/aromatic N) is 1. The molecule has 1 heterocycles. The summed E-state index contributed by atoms with van der Waals surface area (Å²) in [5, 5.41) is 6.82. The summed E-state index contributed by atoms with van der Waals surface area (Å²) in [6.07, 6.45) is 0. The van der Waals surface area contributed by atoms with Crippen LogP contribution in [0.25, 0.3) is 10.2 Å². The van der Waals surface area contributed by atoms with E-state index in [2.05, 4.69) is 33.8 Å². The van der Waals surface area contributed by atoms with Crippen molar-refractivity contribution in [1.29, 1.82) is 0 Å². The van der Waals surface area contributed by atoms with Crippen molar-refractivity contribution in [1.82, 2.24) is 10.3 Å². The van der Waals surface area contributed by atoms with E-state index in [9.17, 15) is 4.79 Å². The van der Waals surface area contributed by atoms with Gasteiger partial charge in [0.2, 0.25) is 5.91 Å². The number of thiazole rings is 1. The molecule has 1 aromatic heterocycles. The molecule has 1 amide bonds. The fourth-order valence-electron chi connectivity index (χ4n) is 1.76. The number of hydrogen-bond acceptors (Lipinski definition) is 4. The molecule has 0 aliphatic heterocycles. The summed E-state index contributed by atoms with van der Waals surface area (Å²) >= 11 is 1.57. The van der Waals surface area contributed by atoms with Gasteiger partial charge in [0.25, 0.3) is 0 Å². The van der Waals surface area contributed by atoms with E-state index >= 15 is 0 Å². The summed E-state index contributed by atoms with van der Waals surface area (Å²) < 4.78 is 1.13. The summed E-state index contributed by atoms with van der Waals surface area (Å²) in [6.45, 7) is 7.79. The lowest BCUT2D eigenvalue weighted by Gasteiger charge is -2.15. The van der Waals surface area contributed by atoms with Crippen molar-refractivity contribution < 1.29 is 4.79 Å². The van der Waals surface area contributed by atoms with Gasteiger partial charge >= 0.3 is 0 Å². The molecule has 0 bridgehead atoms. The minimum Gasteiger partial charge on any atom is -0.352 e. The van der Waals surface area contributed by atoms with Crippen LogP contribution in [0.1, 0.15) is 26.3 Å². The Morgan fingerprint density at radius 1 is 1.32 bits per heavy atom. The Labute approximate surface area is 117 Å². The fourth-order valence-corrected chi connectivity index (χ4v) is 2.69. The maximum absolute atomic E-state index is 11.8. The number of carbonyl (C=O) groups excluding carboxylic acids is 1. The predicted molar refractivity (Wildman–Crippen MR) is 80.7 cm³/mol. The van der Waals surface area contributed by atoms with Crippen LogP contribution >= 0.6 is 11.3 Å². The molecule has 0 saturated carbocycles. The number of carbonyl (C=O) groups is 1. The number of hydrogen-bond donors (Lipinski definition) is 2. The molecule has 0 saturated heterocycles. The zero-order valence-electron chi connectivity index (χ0n) is 11.7. The molecule has 2 rings (SSSR count). The van der Waals surface area contributed by atoms with Crippen molar-refractivity contribution in [3.63, 3.8) is 0 Å². The van der Waals surface area contributed by atoms with Crippen LogP contribution < -0.4 is 10.6 Å². The summed E-state index contributed by atoms with van der Waals surface area (Å²) in [5.41, 5.74) is 2.17. The first-order valence-electron chi connectivity index (χ1n) is 6.40. The summed E-state index contributed by atoms with van der Waals surface area (Å²) in [5.74, 6) is -0.00885. The van der Waals surface area contributed by atoms with Gasteiger partial charge in [-0.1, -0.05) is 17.4 Å². The van der Waals surface area contributed by atoms with Crippen molar-refractivity contribution >= 4 is 32.6 Å². The van der Waals surface area contributed by atoms with Crippen molar-refractivity contribution in [3.8, 4) is 0 Å². The van der Waals surface area contributed by atoms with Gasteiger partial charge in [0.1, 0.15) is 6.04 Å². The zero-order chi connectivity index (χ0) is 14.0. The molecular weight excluding hydrogens is 258 g/mol. The van der Waals surface area contributed by atoms with Crippen LogP contribution in [0.15, 0.2) is 18.2 Å². The molecule has 0 aliphatic carbocycles. The molecule has 102 valence electrons. The quantitative estimate of drug-likeness (QED) is 0.903. The topological polar surface area (TPSA) is 54.0 Å². The molecule has 1 unspecified atom stereocenters. The van der Waals surface area contributed by atoms with Crippen molar-refractivity contribution in [2.24, 2.45) is 0 Å². The van der Waals surface area contributed by atoms with E-state index in [1.54, 1.807) is 11.3 Å². The van der Waals surface area contributed by atoms with Crippen molar-refractivity contribution in [3.05, 3.63) is 23.8 Å². The molecule has 4 nitrogen and oxygen atoms in total. The van der Waals surface area contributed by atoms with Crippen LogP contribution in [0, 0.1) is 6.92 Å². The molecule has 1 atom stereocenters. The smallest absolute Gasteiger partial charge is 0.242 e. The first-order chi connectivity index (χ1) is 8.95. The molecule has 2 N–H and O–H groups in total. The van der Waals surface area contributed by atoms with Gasteiger partial charge in [-0.05, 0) is 45.4 Å². The Kier molecular flexibility index (Phi) is 4.04. The van der Waals surface area contributed by atoms with E-state index in [0.717, 1.165) is 15.3 Å². The highest BCUT2D eigenvalue weighted by atomic mass is 32.1. The lowest BCUT2D eigenvalue weighted by molar-refractivity contribution is -0.122. The van der Waals surface area contributed by atoms with Gasteiger partial charge in [-0.3, -0.25) is 4.79 Å². The van der Waals surface area contributed by atoms with Crippen molar-refractivity contribution in [2.75, 3.05) is 5.32 Å². The molecular formula is C14H19N3OS. The second kappa shape index (κ2) is 5.57. The average molecular weight is 277 g/mol. The van der Waals surface area contributed by atoms with E-state index in [4.69, 9.17) is 0 Å². The van der Waals surface area contributed by atoms with E-state index < -0.39 is 0 Å². The number of fused-ring (bicyclic) bond motifs is 1. The maximum atomic E-state index is 11.8. The highest BCUT2D eigenvalue weighted by molar-refractivity contribution is 7.22. The minimum atomic E-state index is -0.288. The highest BCUT2D eigenvalue weighted by Gasteiger charge is 2.15. The number of anilines is 1. The number of nitrogens with one attached hydrogen (secondary N) is 2. The monoisotopic (exact) mass is 277 g/mol. The maximum Gasteiger partial charge on any atom is 0.242 e. The third-order valence-corrected chi connectivity index (χ3v) is 3.67. The van der Waals surface area contributed by atoms with E-state index in [0.29, 0.717) is 0 Å². The largest absolute Gasteiger partial charge is 0.352 e. The number of aromatic nitrogens is 1. The Morgan fingerprint density at radius 2 is 2.05 bits per heavy atom. The van der Waals surface area contributed by atoms with Gasteiger partial charge in [-0.15, -0.1) is 0 Å². The first kappa shape index (κ1) is 13.8. The number of amides is 1. The van der Waals surface area contributed by atoms with E-state index in [-0.39, 0.29) is 18.0 Å². The van der Waals surface area contributed by atoms with Crippen molar-refractivity contribution in [2.45, 2.75) is 39.8 Å². The van der Waals surface area contributed by atoms with Gasteiger partial charge in [-0.2, -0.15) is 0 Å². The Bertz CT molecular complexity index is 591. The minimum absolute atomic E-state index is 0.00885. The fraction of sp³-hybridized carbons (Fsp3) is 0.429. The van der Waals surface area contributed by atoms with Crippen LogP contribution in [0.2, 0.25) is 0 Å². The SMILES string of the molecule is Cc1ccc2sc(NC(C)C(=O)NC(C)C)nc2c1. The number of rotatable bonds is 4. The van der Waals surface area contributed by atoms with Crippen LogP contribution in [0.3, 0.4) is 0 Å². The molecule has 0 fully saturated rings.